The third kappa shape index (κ3) is 2.48. The van der Waals surface area contributed by atoms with E-state index in [1.165, 1.54) is 5.56 Å². The van der Waals surface area contributed by atoms with E-state index < -0.39 is 0 Å². The topological polar surface area (TPSA) is 41.6 Å². The molecule has 0 saturated carbocycles. The number of benzene rings is 1. The van der Waals surface area contributed by atoms with Crippen molar-refractivity contribution >= 4 is 0 Å². The van der Waals surface area contributed by atoms with Crippen LogP contribution in [0.3, 0.4) is 0 Å². The first kappa shape index (κ1) is 12.6. The predicted octanol–water partition coefficient (Wildman–Crippen LogP) is 4.26. The SMILES string of the molecule is CC(C)c1cccc(-c2ncc(-c3cccnc3)[nH]2)c1. The zero-order valence-corrected chi connectivity index (χ0v) is 11.7. The fraction of sp³-hybridized carbons (Fsp3) is 0.176. The normalized spacial score (nSPS) is 10.9. The first-order valence-electron chi connectivity index (χ1n) is 6.80. The van der Waals surface area contributed by atoms with Crippen LogP contribution in [0.5, 0.6) is 0 Å². The van der Waals surface area contributed by atoms with Crippen LogP contribution in [-0.2, 0) is 0 Å². The van der Waals surface area contributed by atoms with Crippen molar-refractivity contribution in [1.29, 1.82) is 0 Å². The molecule has 1 N–H and O–H groups in total. The summed E-state index contributed by atoms with van der Waals surface area (Å²) < 4.78 is 0. The van der Waals surface area contributed by atoms with Crippen LogP contribution in [0.2, 0.25) is 0 Å². The monoisotopic (exact) mass is 263 g/mol. The predicted molar refractivity (Wildman–Crippen MR) is 81.3 cm³/mol. The Morgan fingerprint density at radius 1 is 1.00 bits per heavy atom. The molecule has 0 aliphatic heterocycles. The molecule has 0 bridgehead atoms. The molecule has 0 amide bonds. The van der Waals surface area contributed by atoms with E-state index in [4.69, 9.17) is 0 Å². The largest absolute Gasteiger partial charge is 0.338 e. The van der Waals surface area contributed by atoms with Gasteiger partial charge < -0.3 is 4.98 Å². The van der Waals surface area contributed by atoms with Crippen molar-refractivity contribution in [2.75, 3.05) is 0 Å². The number of aromatic amines is 1. The van der Waals surface area contributed by atoms with E-state index in [2.05, 4.69) is 53.1 Å². The van der Waals surface area contributed by atoms with Crippen molar-refractivity contribution in [3.05, 3.63) is 60.6 Å². The molecule has 0 spiro atoms. The summed E-state index contributed by atoms with van der Waals surface area (Å²) >= 11 is 0. The van der Waals surface area contributed by atoms with Gasteiger partial charge in [-0.15, -0.1) is 0 Å². The molecule has 0 radical (unpaired) electrons. The van der Waals surface area contributed by atoms with Crippen LogP contribution in [0, 0.1) is 0 Å². The number of H-pyrrole nitrogens is 1. The standard InChI is InChI=1S/C17H17N3/c1-12(2)13-5-3-6-14(9-13)17-19-11-16(20-17)15-7-4-8-18-10-15/h3-12H,1-2H3,(H,19,20). The van der Waals surface area contributed by atoms with Gasteiger partial charge in [0.15, 0.2) is 0 Å². The average Bonchev–Trinajstić information content (AvgIpc) is 2.98. The Hall–Kier alpha value is -2.42. The van der Waals surface area contributed by atoms with Crippen LogP contribution in [0.25, 0.3) is 22.6 Å². The summed E-state index contributed by atoms with van der Waals surface area (Å²) in [4.78, 5) is 12.0. The highest BCUT2D eigenvalue weighted by Gasteiger charge is 2.07. The minimum atomic E-state index is 0.516. The number of aromatic nitrogens is 3. The molecule has 0 saturated heterocycles. The van der Waals surface area contributed by atoms with Crippen LogP contribution in [0.15, 0.2) is 55.0 Å². The van der Waals surface area contributed by atoms with Crippen LogP contribution in [0.1, 0.15) is 25.3 Å². The Kier molecular flexibility index (Phi) is 3.33. The molecule has 100 valence electrons. The van der Waals surface area contributed by atoms with E-state index in [1.807, 2.05) is 24.5 Å². The van der Waals surface area contributed by atoms with E-state index in [0.717, 1.165) is 22.6 Å². The fourth-order valence-electron chi connectivity index (χ4n) is 2.18. The van der Waals surface area contributed by atoms with Crippen molar-refractivity contribution < 1.29 is 0 Å². The highest BCUT2D eigenvalue weighted by Crippen LogP contribution is 2.24. The second-order valence-electron chi connectivity index (χ2n) is 5.17. The molecule has 2 aromatic heterocycles. The van der Waals surface area contributed by atoms with Crippen molar-refractivity contribution in [1.82, 2.24) is 15.0 Å². The number of hydrogen-bond donors (Lipinski definition) is 1. The maximum atomic E-state index is 4.48. The maximum Gasteiger partial charge on any atom is 0.137 e. The molecule has 0 aliphatic rings. The number of rotatable bonds is 3. The lowest BCUT2D eigenvalue weighted by atomic mass is 10.0. The van der Waals surface area contributed by atoms with Crippen molar-refractivity contribution in [3.8, 4) is 22.6 Å². The van der Waals surface area contributed by atoms with E-state index in [0.29, 0.717) is 5.92 Å². The van der Waals surface area contributed by atoms with E-state index in [9.17, 15) is 0 Å². The number of imidazole rings is 1. The number of nitrogens with one attached hydrogen (secondary N) is 1. The minimum absolute atomic E-state index is 0.516. The zero-order chi connectivity index (χ0) is 13.9. The average molecular weight is 263 g/mol. The summed E-state index contributed by atoms with van der Waals surface area (Å²) in [6.45, 7) is 4.39. The van der Waals surface area contributed by atoms with E-state index in [1.54, 1.807) is 6.20 Å². The third-order valence-electron chi connectivity index (χ3n) is 3.38. The molecule has 0 unspecified atom stereocenters. The molecule has 3 rings (SSSR count). The van der Waals surface area contributed by atoms with Gasteiger partial charge in [0.1, 0.15) is 5.82 Å². The van der Waals surface area contributed by atoms with Gasteiger partial charge in [-0.05, 0) is 29.7 Å². The van der Waals surface area contributed by atoms with Crippen molar-refractivity contribution in [2.45, 2.75) is 19.8 Å². The molecule has 3 aromatic rings. The summed E-state index contributed by atoms with van der Waals surface area (Å²) in [6, 6.07) is 12.5. The molecule has 3 nitrogen and oxygen atoms in total. The van der Waals surface area contributed by atoms with Gasteiger partial charge in [0, 0.05) is 23.5 Å². The summed E-state index contributed by atoms with van der Waals surface area (Å²) in [7, 11) is 0. The number of hydrogen-bond acceptors (Lipinski definition) is 2. The number of nitrogens with zero attached hydrogens (tertiary/aromatic N) is 2. The molecule has 0 atom stereocenters. The van der Waals surface area contributed by atoms with Crippen LogP contribution in [-0.4, -0.2) is 15.0 Å². The maximum absolute atomic E-state index is 4.48. The lowest BCUT2D eigenvalue weighted by Gasteiger charge is -2.06. The third-order valence-corrected chi connectivity index (χ3v) is 3.38. The van der Waals surface area contributed by atoms with E-state index >= 15 is 0 Å². The van der Waals surface area contributed by atoms with Crippen LogP contribution >= 0.6 is 0 Å². The molecular weight excluding hydrogens is 246 g/mol. The van der Waals surface area contributed by atoms with Crippen LogP contribution in [0.4, 0.5) is 0 Å². The molecule has 0 aliphatic carbocycles. The van der Waals surface area contributed by atoms with Gasteiger partial charge in [-0.3, -0.25) is 4.98 Å². The van der Waals surface area contributed by atoms with Gasteiger partial charge in [0.05, 0.1) is 11.9 Å². The lowest BCUT2D eigenvalue weighted by molar-refractivity contribution is 0.867. The molecule has 0 fully saturated rings. The molecule has 2 heterocycles. The second-order valence-corrected chi connectivity index (χ2v) is 5.17. The lowest BCUT2D eigenvalue weighted by Crippen LogP contribution is -1.88. The van der Waals surface area contributed by atoms with Gasteiger partial charge in [0.2, 0.25) is 0 Å². The van der Waals surface area contributed by atoms with Crippen LogP contribution < -0.4 is 0 Å². The smallest absolute Gasteiger partial charge is 0.137 e. The molecule has 3 heteroatoms. The van der Waals surface area contributed by atoms with Gasteiger partial charge in [0.25, 0.3) is 0 Å². The summed E-state index contributed by atoms with van der Waals surface area (Å²) in [6.07, 6.45) is 5.46. The van der Waals surface area contributed by atoms with Crippen molar-refractivity contribution in [2.24, 2.45) is 0 Å². The quantitative estimate of drug-likeness (QED) is 0.767. The summed E-state index contributed by atoms with van der Waals surface area (Å²) in [5, 5.41) is 0. The summed E-state index contributed by atoms with van der Waals surface area (Å²) in [5.74, 6) is 1.41. The van der Waals surface area contributed by atoms with Gasteiger partial charge >= 0.3 is 0 Å². The highest BCUT2D eigenvalue weighted by molar-refractivity contribution is 5.64. The zero-order valence-electron chi connectivity index (χ0n) is 11.7. The Morgan fingerprint density at radius 3 is 2.60 bits per heavy atom. The van der Waals surface area contributed by atoms with Crippen molar-refractivity contribution in [3.63, 3.8) is 0 Å². The Balaban J connectivity index is 1.96. The molecule has 20 heavy (non-hydrogen) atoms. The Labute approximate surface area is 118 Å². The highest BCUT2D eigenvalue weighted by atomic mass is 14.9. The van der Waals surface area contributed by atoms with Gasteiger partial charge in [-0.1, -0.05) is 32.0 Å². The summed E-state index contributed by atoms with van der Waals surface area (Å²) in [5.41, 5.74) is 4.47. The molecule has 1 aromatic carbocycles. The first-order chi connectivity index (χ1) is 9.74. The van der Waals surface area contributed by atoms with Gasteiger partial charge in [-0.2, -0.15) is 0 Å². The van der Waals surface area contributed by atoms with E-state index in [-0.39, 0.29) is 0 Å². The number of pyridine rings is 1. The fourth-order valence-corrected chi connectivity index (χ4v) is 2.18. The minimum Gasteiger partial charge on any atom is -0.338 e. The molecular formula is C17H17N3. The van der Waals surface area contributed by atoms with Gasteiger partial charge in [-0.25, -0.2) is 4.98 Å². The Bertz CT molecular complexity index is 699. The first-order valence-corrected chi connectivity index (χ1v) is 6.80. The Morgan fingerprint density at radius 2 is 1.85 bits per heavy atom. The second kappa shape index (κ2) is 5.29.